The molecule has 1 rings (SSSR count). The Labute approximate surface area is 134 Å². The zero-order chi connectivity index (χ0) is 15.0. The summed E-state index contributed by atoms with van der Waals surface area (Å²) in [5.74, 6) is -0.421. The Morgan fingerprint density at radius 3 is 2.35 bits per heavy atom. The summed E-state index contributed by atoms with van der Waals surface area (Å²) >= 11 is 6.59. The van der Waals surface area contributed by atoms with Crippen molar-refractivity contribution < 1.29 is 24.1 Å². The minimum atomic E-state index is -0.987. The maximum absolute atomic E-state index is 10.9. The molecule has 0 aliphatic rings. The molecule has 0 spiro atoms. The molecule has 0 bridgehead atoms. The van der Waals surface area contributed by atoms with Crippen LogP contribution >= 0.6 is 31.9 Å². The lowest BCUT2D eigenvalue weighted by atomic mass is 10.2. The molecule has 0 amide bonds. The monoisotopic (exact) mass is 410 g/mol. The van der Waals surface area contributed by atoms with Crippen molar-refractivity contribution in [2.24, 2.45) is 0 Å². The minimum Gasteiger partial charge on any atom is -0.489 e. The molecule has 0 radical (unpaired) electrons. The van der Waals surface area contributed by atoms with Crippen LogP contribution in [-0.2, 0) is 9.47 Å². The number of ether oxygens (including phenoxy) is 3. The van der Waals surface area contributed by atoms with Crippen LogP contribution in [0.4, 0.5) is 0 Å². The van der Waals surface area contributed by atoms with Crippen LogP contribution in [0.15, 0.2) is 21.1 Å². The maximum atomic E-state index is 10.9. The largest absolute Gasteiger partial charge is 0.489 e. The van der Waals surface area contributed by atoms with Gasteiger partial charge in [-0.3, -0.25) is 0 Å². The second kappa shape index (κ2) is 9.33. The second-order valence-electron chi connectivity index (χ2n) is 3.88. The molecule has 1 aromatic rings. The number of halogens is 2. The molecule has 1 aromatic carbocycles. The van der Waals surface area contributed by atoms with Crippen molar-refractivity contribution >= 4 is 37.8 Å². The van der Waals surface area contributed by atoms with E-state index in [0.717, 1.165) is 6.42 Å². The van der Waals surface area contributed by atoms with Gasteiger partial charge in [0.05, 0.1) is 21.1 Å². The fourth-order valence-corrected chi connectivity index (χ4v) is 2.85. The van der Waals surface area contributed by atoms with Gasteiger partial charge in [0.2, 0.25) is 0 Å². The van der Waals surface area contributed by atoms with E-state index in [1.165, 1.54) is 12.1 Å². The highest BCUT2D eigenvalue weighted by Crippen LogP contribution is 2.34. The zero-order valence-electron chi connectivity index (χ0n) is 11.0. The Kier molecular flexibility index (Phi) is 8.13. The molecular formula is C13H16Br2O5. The molecule has 112 valence electrons. The summed E-state index contributed by atoms with van der Waals surface area (Å²) in [6, 6.07) is 3.00. The predicted molar refractivity (Wildman–Crippen MR) is 81.6 cm³/mol. The van der Waals surface area contributed by atoms with E-state index in [2.05, 4.69) is 31.9 Å². The van der Waals surface area contributed by atoms with Gasteiger partial charge in [0, 0.05) is 20.3 Å². The van der Waals surface area contributed by atoms with Crippen molar-refractivity contribution in [1.29, 1.82) is 0 Å². The van der Waals surface area contributed by atoms with Crippen molar-refractivity contribution in [3.8, 4) is 5.75 Å². The molecule has 1 N–H and O–H groups in total. The van der Waals surface area contributed by atoms with Gasteiger partial charge in [0.25, 0.3) is 0 Å². The van der Waals surface area contributed by atoms with Crippen LogP contribution in [0.1, 0.15) is 16.8 Å². The van der Waals surface area contributed by atoms with Crippen molar-refractivity contribution in [3.63, 3.8) is 0 Å². The molecule has 0 heterocycles. The van der Waals surface area contributed by atoms with Gasteiger partial charge in [-0.2, -0.15) is 0 Å². The number of hydrogen-bond acceptors (Lipinski definition) is 4. The molecule has 0 saturated carbocycles. The van der Waals surface area contributed by atoms with Crippen LogP contribution in [-0.4, -0.2) is 44.6 Å². The van der Waals surface area contributed by atoms with E-state index in [-0.39, 0.29) is 5.56 Å². The fraction of sp³-hybridized carbons (Fsp3) is 0.462. The van der Waals surface area contributed by atoms with Crippen molar-refractivity contribution in [3.05, 3.63) is 26.6 Å². The van der Waals surface area contributed by atoms with Gasteiger partial charge in [-0.1, -0.05) is 0 Å². The van der Waals surface area contributed by atoms with Crippen molar-refractivity contribution in [1.82, 2.24) is 0 Å². The zero-order valence-corrected chi connectivity index (χ0v) is 14.2. The van der Waals surface area contributed by atoms with Gasteiger partial charge in [-0.25, -0.2) is 4.79 Å². The van der Waals surface area contributed by atoms with E-state index in [1.807, 2.05) is 0 Å². The summed E-state index contributed by atoms with van der Waals surface area (Å²) in [7, 11) is 1.65. The molecule has 0 atom stereocenters. The van der Waals surface area contributed by atoms with Gasteiger partial charge in [-0.05, 0) is 50.4 Å². The van der Waals surface area contributed by atoms with E-state index in [0.29, 0.717) is 41.1 Å². The highest BCUT2D eigenvalue weighted by atomic mass is 79.9. The van der Waals surface area contributed by atoms with Crippen molar-refractivity contribution in [2.75, 3.05) is 33.5 Å². The normalized spacial score (nSPS) is 10.6. The summed E-state index contributed by atoms with van der Waals surface area (Å²) in [6.07, 6.45) is 0.844. The Morgan fingerprint density at radius 1 is 1.15 bits per heavy atom. The lowest BCUT2D eigenvalue weighted by Crippen LogP contribution is -2.09. The predicted octanol–water partition coefficient (Wildman–Crippen LogP) is 3.34. The molecular weight excluding hydrogens is 396 g/mol. The number of aromatic carboxylic acids is 1. The fourth-order valence-electron chi connectivity index (χ4n) is 1.43. The van der Waals surface area contributed by atoms with E-state index >= 15 is 0 Å². The third-order valence-corrected chi connectivity index (χ3v) is 3.53. The highest BCUT2D eigenvalue weighted by molar-refractivity contribution is 9.11. The standard InChI is InChI=1S/C13H16Br2O5/c1-18-3-2-4-19-5-6-20-12-10(14)7-9(13(16)17)8-11(12)15/h7-8H,2-6H2,1H3,(H,16,17). The van der Waals surface area contributed by atoms with E-state index in [4.69, 9.17) is 19.3 Å². The molecule has 0 unspecified atom stereocenters. The number of benzene rings is 1. The lowest BCUT2D eigenvalue weighted by Gasteiger charge is -2.11. The minimum absolute atomic E-state index is 0.187. The van der Waals surface area contributed by atoms with Crippen LogP contribution in [0.3, 0.4) is 0 Å². The van der Waals surface area contributed by atoms with Crippen LogP contribution in [0.5, 0.6) is 5.75 Å². The van der Waals surface area contributed by atoms with Gasteiger partial charge in [0.1, 0.15) is 12.4 Å². The van der Waals surface area contributed by atoms with Crippen LogP contribution < -0.4 is 4.74 Å². The average Bonchev–Trinajstić information content (AvgIpc) is 2.40. The number of carboxylic acid groups (broad SMARTS) is 1. The third-order valence-electron chi connectivity index (χ3n) is 2.36. The first-order valence-electron chi connectivity index (χ1n) is 5.98. The maximum Gasteiger partial charge on any atom is 0.335 e. The SMILES string of the molecule is COCCCOCCOc1c(Br)cc(C(=O)O)cc1Br. The number of methoxy groups -OCH3 is 1. The molecule has 20 heavy (non-hydrogen) atoms. The first kappa shape index (κ1) is 17.4. The van der Waals surface area contributed by atoms with Crippen LogP contribution in [0, 0.1) is 0 Å². The Bertz CT molecular complexity index is 427. The van der Waals surface area contributed by atoms with Crippen LogP contribution in [0.2, 0.25) is 0 Å². The van der Waals surface area contributed by atoms with Gasteiger partial charge in [0.15, 0.2) is 0 Å². The van der Waals surface area contributed by atoms with Crippen LogP contribution in [0.25, 0.3) is 0 Å². The third kappa shape index (κ3) is 5.78. The lowest BCUT2D eigenvalue weighted by molar-refractivity contribution is 0.0696. The molecule has 5 nitrogen and oxygen atoms in total. The van der Waals surface area contributed by atoms with Gasteiger partial charge < -0.3 is 19.3 Å². The molecule has 0 aliphatic carbocycles. The number of carbonyl (C=O) groups is 1. The molecule has 0 aliphatic heterocycles. The summed E-state index contributed by atoms with van der Waals surface area (Å²) in [6.45, 7) is 2.14. The number of rotatable bonds is 9. The molecule has 0 fully saturated rings. The van der Waals surface area contributed by atoms with Gasteiger partial charge >= 0.3 is 5.97 Å². The Morgan fingerprint density at radius 2 is 1.80 bits per heavy atom. The van der Waals surface area contributed by atoms with Gasteiger partial charge in [-0.15, -0.1) is 0 Å². The van der Waals surface area contributed by atoms with Crippen molar-refractivity contribution in [2.45, 2.75) is 6.42 Å². The second-order valence-corrected chi connectivity index (χ2v) is 5.59. The Hall–Kier alpha value is -0.630. The van der Waals surface area contributed by atoms with E-state index < -0.39 is 5.97 Å². The molecule has 7 heteroatoms. The highest BCUT2D eigenvalue weighted by Gasteiger charge is 2.12. The average molecular weight is 412 g/mol. The first-order valence-corrected chi connectivity index (χ1v) is 7.56. The summed E-state index contributed by atoms with van der Waals surface area (Å²) in [5.41, 5.74) is 0.187. The number of hydrogen-bond donors (Lipinski definition) is 1. The number of carboxylic acids is 1. The van der Waals surface area contributed by atoms with E-state index in [9.17, 15) is 4.79 Å². The Balaban J connectivity index is 2.42. The summed E-state index contributed by atoms with van der Waals surface area (Å²) in [5, 5.41) is 8.93. The smallest absolute Gasteiger partial charge is 0.335 e. The summed E-state index contributed by atoms with van der Waals surface area (Å²) in [4.78, 5) is 10.9. The van der Waals surface area contributed by atoms with E-state index in [1.54, 1.807) is 7.11 Å². The summed E-state index contributed by atoms with van der Waals surface area (Å²) < 4.78 is 17.0. The molecule has 0 saturated heterocycles. The first-order chi connectivity index (χ1) is 9.56. The quantitative estimate of drug-likeness (QED) is 0.631. The topological polar surface area (TPSA) is 65.0 Å². The molecule has 0 aromatic heterocycles.